The quantitative estimate of drug-likeness (QED) is 0.668. The van der Waals surface area contributed by atoms with Crippen LogP contribution in [-0.2, 0) is 0 Å². The molecule has 3 rings (SSSR count). The molecule has 3 N–H and O–H groups in total. The van der Waals surface area contributed by atoms with Gasteiger partial charge in [-0.1, -0.05) is 29.5 Å². The Balaban J connectivity index is 1.87. The van der Waals surface area contributed by atoms with E-state index in [1.54, 1.807) is 31.4 Å². The summed E-state index contributed by atoms with van der Waals surface area (Å²) in [7, 11) is 1.57. The highest BCUT2D eigenvalue weighted by Crippen LogP contribution is 2.30. The maximum absolute atomic E-state index is 12.7. The van der Waals surface area contributed by atoms with Gasteiger partial charge in [0.2, 0.25) is 5.78 Å². The largest absolute Gasteiger partial charge is 0.497 e. The molecule has 0 amide bonds. The summed E-state index contributed by atoms with van der Waals surface area (Å²) in [5.74, 6) is 0.689. The van der Waals surface area contributed by atoms with E-state index in [-0.39, 0.29) is 11.6 Å². The van der Waals surface area contributed by atoms with Crippen molar-refractivity contribution in [2.24, 2.45) is 0 Å². The van der Waals surface area contributed by atoms with Gasteiger partial charge in [0.25, 0.3) is 0 Å². The molecule has 0 saturated carbocycles. The van der Waals surface area contributed by atoms with Crippen molar-refractivity contribution in [2.45, 2.75) is 13.8 Å². The predicted octanol–water partition coefficient (Wildman–Crippen LogP) is 4.33. The van der Waals surface area contributed by atoms with E-state index in [4.69, 9.17) is 10.5 Å². The summed E-state index contributed by atoms with van der Waals surface area (Å²) < 4.78 is 5.17. The molecular weight excluding hydrogens is 334 g/mol. The standard InChI is InChI=1S/C19H19N3O2S/c1-11-7-12(2)9-14(8-11)21-19-22-18(20)17(25-19)16(23)13-5-4-6-15(10-13)24-3/h4-10H,20H2,1-3H3,(H,21,22). The molecule has 1 heterocycles. The Morgan fingerprint density at radius 3 is 2.56 bits per heavy atom. The number of rotatable bonds is 5. The first-order chi connectivity index (χ1) is 12.0. The molecule has 25 heavy (non-hydrogen) atoms. The number of nitrogens with two attached hydrogens (primary N) is 1. The summed E-state index contributed by atoms with van der Waals surface area (Å²) in [5.41, 5.74) is 9.72. The molecule has 128 valence electrons. The van der Waals surface area contributed by atoms with Gasteiger partial charge in [0.05, 0.1) is 7.11 Å². The highest BCUT2D eigenvalue weighted by atomic mass is 32.1. The van der Waals surface area contributed by atoms with Crippen LogP contribution in [0.4, 0.5) is 16.6 Å². The lowest BCUT2D eigenvalue weighted by atomic mass is 10.1. The first-order valence-electron chi connectivity index (χ1n) is 7.76. The number of hydrogen-bond acceptors (Lipinski definition) is 6. The zero-order valence-electron chi connectivity index (χ0n) is 14.3. The fourth-order valence-electron chi connectivity index (χ4n) is 2.61. The Morgan fingerprint density at radius 1 is 1.16 bits per heavy atom. The number of carbonyl (C=O) groups excluding carboxylic acids is 1. The molecule has 0 aliphatic carbocycles. The van der Waals surface area contributed by atoms with Gasteiger partial charge >= 0.3 is 0 Å². The number of ether oxygens (including phenoxy) is 1. The zero-order chi connectivity index (χ0) is 18.0. The van der Waals surface area contributed by atoms with Gasteiger partial charge in [-0.15, -0.1) is 0 Å². The first kappa shape index (κ1) is 17.0. The number of nitrogen functional groups attached to an aromatic ring is 1. The molecule has 3 aromatic rings. The summed E-state index contributed by atoms with van der Waals surface area (Å²) in [6, 6.07) is 13.1. The predicted molar refractivity (Wildman–Crippen MR) is 102 cm³/mol. The Hall–Kier alpha value is -2.86. The summed E-state index contributed by atoms with van der Waals surface area (Å²) in [4.78, 5) is 17.4. The van der Waals surface area contributed by atoms with Crippen LogP contribution in [0.3, 0.4) is 0 Å². The number of carbonyl (C=O) groups is 1. The van der Waals surface area contributed by atoms with Gasteiger partial charge in [-0.05, 0) is 49.2 Å². The monoisotopic (exact) mass is 353 g/mol. The van der Waals surface area contributed by atoms with Crippen LogP contribution < -0.4 is 15.8 Å². The number of thiazole rings is 1. The second-order valence-electron chi connectivity index (χ2n) is 5.80. The normalized spacial score (nSPS) is 10.5. The molecule has 0 atom stereocenters. The maximum Gasteiger partial charge on any atom is 0.206 e. The molecular formula is C19H19N3O2S. The number of anilines is 3. The molecule has 2 aromatic carbocycles. The van der Waals surface area contributed by atoms with Crippen LogP contribution in [0.15, 0.2) is 42.5 Å². The minimum Gasteiger partial charge on any atom is -0.497 e. The maximum atomic E-state index is 12.7. The summed E-state index contributed by atoms with van der Waals surface area (Å²) in [6.07, 6.45) is 0. The molecule has 0 unspecified atom stereocenters. The third-order valence-electron chi connectivity index (χ3n) is 3.66. The second kappa shape index (κ2) is 6.94. The van der Waals surface area contributed by atoms with E-state index >= 15 is 0 Å². The van der Waals surface area contributed by atoms with Gasteiger partial charge in [0.1, 0.15) is 16.4 Å². The number of hydrogen-bond donors (Lipinski definition) is 2. The highest BCUT2D eigenvalue weighted by molar-refractivity contribution is 7.18. The van der Waals surface area contributed by atoms with Gasteiger partial charge in [-0.25, -0.2) is 4.98 Å². The van der Waals surface area contributed by atoms with Crippen LogP contribution in [0.1, 0.15) is 26.4 Å². The Labute approximate surface area is 150 Å². The second-order valence-corrected chi connectivity index (χ2v) is 6.79. The van der Waals surface area contributed by atoms with E-state index < -0.39 is 0 Å². The zero-order valence-corrected chi connectivity index (χ0v) is 15.1. The van der Waals surface area contributed by atoms with E-state index in [2.05, 4.69) is 16.4 Å². The average molecular weight is 353 g/mol. The van der Waals surface area contributed by atoms with Gasteiger partial charge in [0.15, 0.2) is 5.13 Å². The molecule has 0 fully saturated rings. The number of methoxy groups -OCH3 is 1. The van der Waals surface area contributed by atoms with Gasteiger partial charge < -0.3 is 15.8 Å². The molecule has 0 spiro atoms. The molecule has 6 heteroatoms. The van der Waals surface area contributed by atoms with Gasteiger partial charge in [-0.3, -0.25) is 4.79 Å². The molecule has 0 aliphatic heterocycles. The van der Waals surface area contributed by atoms with E-state index in [1.165, 1.54) is 11.3 Å². The van der Waals surface area contributed by atoms with E-state index in [0.717, 1.165) is 16.8 Å². The Kier molecular flexibility index (Phi) is 4.72. The lowest BCUT2D eigenvalue weighted by molar-refractivity contribution is 0.104. The lowest BCUT2D eigenvalue weighted by Crippen LogP contribution is -2.02. The number of ketones is 1. The number of nitrogens with zero attached hydrogens (tertiary/aromatic N) is 1. The van der Waals surface area contributed by atoms with Crippen molar-refractivity contribution in [1.29, 1.82) is 0 Å². The van der Waals surface area contributed by atoms with Crippen molar-refractivity contribution in [3.63, 3.8) is 0 Å². The lowest BCUT2D eigenvalue weighted by Gasteiger charge is -2.05. The van der Waals surface area contributed by atoms with Crippen LogP contribution in [0.25, 0.3) is 0 Å². The number of aromatic nitrogens is 1. The van der Waals surface area contributed by atoms with E-state index in [0.29, 0.717) is 21.3 Å². The minimum atomic E-state index is -0.164. The number of aryl methyl sites for hydroxylation is 2. The van der Waals surface area contributed by atoms with Crippen molar-refractivity contribution in [3.8, 4) is 5.75 Å². The topological polar surface area (TPSA) is 77.2 Å². The fraction of sp³-hybridized carbons (Fsp3) is 0.158. The van der Waals surface area contributed by atoms with Crippen molar-refractivity contribution < 1.29 is 9.53 Å². The molecule has 5 nitrogen and oxygen atoms in total. The molecule has 0 saturated heterocycles. The smallest absolute Gasteiger partial charge is 0.206 e. The van der Waals surface area contributed by atoms with Crippen molar-refractivity contribution in [3.05, 3.63) is 64.0 Å². The van der Waals surface area contributed by atoms with Crippen molar-refractivity contribution in [1.82, 2.24) is 4.98 Å². The van der Waals surface area contributed by atoms with Crippen molar-refractivity contribution >= 4 is 33.8 Å². The van der Waals surface area contributed by atoms with Crippen LogP contribution >= 0.6 is 11.3 Å². The summed E-state index contributed by atoms with van der Waals surface area (Å²) in [6.45, 7) is 4.07. The van der Waals surface area contributed by atoms with Crippen LogP contribution in [0.2, 0.25) is 0 Å². The number of nitrogens with one attached hydrogen (secondary N) is 1. The third kappa shape index (κ3) is 3.80. The minimum absolute atomic E-state index is 0.164. The fourth-order valence-corrected chi connectivity index (χ4v) is 3.48. The molecule has 0 aliphatic rings. The third-order valence-corrected chi connectivity index (χ3v) is 4.65. The molecule has 0 bridgehead atoms. The number of benzene rings is 2. The Morgan fingerprint density at radius 2 is 1.88 bits per heavy atom. The van der Waals surface area contributed by atoms with Crippen LogP contribution in [0, 0.1) is 13.8 Å². The van der Waals surface area contributed by atoms with Crippen molar-refractivity contribution in [2.75, 3.05) is 18.2 Å². The highest BCUT2D eigenvalue weighted by Gasteiger charge is 2.18. The van der Waals surface area contributed by atoms with Gasteiger partial charge in [0, 0.05) is 11.3 Å². The average Bonchev–Trinajstić information content (AvgIpc) is 2.93. The van der Waals surface area contributed by atoms with Gasteiger partial charge in [-0.2, -0.15) is 0 Å². The van der Waals surface area contributed by atoms with E-state index in [9.17, 15) is 4.79 Å². The summed E-state index contributed by atoms with van der Waals surface area (Å²) in [5, 5.41) is 3.82. The van der Waals surface area contributed by atoms with Crippen LogP contribution in [0.5, 0.6) is 5.75 Å². The SMILES string of the molecule is COc1cccc(C(=O)c2sc(Nc3cc(C)cc(C)c3)nc2N)c1. The molecule has 0 radical (unpaired) electrons. The van der Waals surface area contributed by atoms with Crippen LogP contribution in [-0.4, -0.2) is 17.9 Å². The van der Waals surface area contributed by atoms with E-state index in [1.807, 2.05) is 26.0 Å². The first-order valence-corrected chi connectivity index (χ1v) is 8.58. The summed E-state index contributed by atoms with van der Waals surface area (Å²) >= 11 is 1.24. The Bertz CT molecular complexity index is 914. The molecule has 1 aromatic heterocycles.